The minimum atomic E-state index is -0.0953. The summed E-state index contributed by atoms with van der Waals surface area (Å²) < 4.78 is 5.67. The van der Waals surface area contributed by atoms with Gasteiger partial charge in [0.15, 0.2) is 0 Å². The molecule has 0 spiro atoms. The highest BCUT2D eigenvalue weighted by Gasteiger charge is 2.05. The summed E-state index contributed by atoms with van der Waals surface area (Å²) in [5, 5.41) is 9.20. The predicted molar refractivity (Wildman–Crippen MR) is 63.9 cm³/mol. The van der Waals surface area contributed by atoms with E-state index in [4.69, 9.17) is 4.74 Å². The summed E-state index contributed by atoms with van der Waals surface area (Å²) in [6.45, 7) is 3.70. The summed E-state index contributed by atoms with van der Waals surface area (Å²) in [7, 11) is 0. The van der Waals surface area contributed by atoms with Gasteiger partial charge >= 0.3 is 0 Å². The minimum absolute atomic E-state index is 0.0953. The lowest BCUT2D eigenvalue weighted by molar-refractivity contribution is 0.276. The second kappa shape index (κ2) is 4.93. The van der Waals surface area contributed by atoms with Crippen LogP contribution in [0.5, 0.6) is 11.5 Å². The highest BCUT2D eigenvalue weighted by Crippen LogP contribution is 2.25. The zero-order valence-corrected chi connectivity index (χ0v) is 9.84. The Kier molecular flexibility index (Phi) is 3.35. The van der Waals surface area contributed by atoms with E-state index in [-0.39, 0.29) is 6.61 Å². The maximum absolute atomic E-state index is 9.20. The van der Waals surface area contributed by atoms with Crippen molar-refractivity contribution in [3.8, 4) is 11.5 Å². The quantitative estimate of drug-likeness (QED) is 0.879. The van der Waals surface area contributed by atoms with Crippen LogP contribution in [0, 0.1) is 13.8 Å². The first-order valence-electron chi connectivity index (χ1n) is 5.36. The van der Waals surface area contributed by atoms with Crippen LogP contribution in [0.1, 0.15) is 17.0 Å². The summed E-state index contributed by atoms with van der Waals surface area (Å²) in [4.78, 5) is 8.26. The summed E-state index contributed by atoms with van der Waals surface area (Å²) in [6.07, 6.45) is 3.28. The van der Waals surface area contributed by atoms with Gasteiger partial charge in [-0.25, -0.2) is 0 Å². The topological polar surface area (TPSA) is 55.2 Å². The molecule has 0 aromatic carbocycles. The van der Waals surface area contributed by atoms with Crippen molar-refractivity contribution in [1.29, 1.82) is 0 Å². The van der Waals surface area contributed by atoms with Crippen molar-refractivity contribution in [1.82, 2.24) is 9.97 Å². The van der Waals surface area contributed by atoms with E-state index in [1.54, 1.807) is 18.5 Å². The van der Waals surface area contributed by atoms with Crippen molar-refractivity contribution in [2.75, 3.05) is 0 Å². The molecule has 2 aromatic heterocycles. The zero-order chi connectivity index (χ0) is 12.3. The molecule has 0 atom stereocenters. The molecule has 0 saturated heterocycles. The molecule has 0 radical (unpaired) electrons. The van der Waals surface area contributed by atoms with Crippen molar-refractivity contribution in [3.63, 3.8) is 0 Å². The lowest BCUT2D eigenvalue weighted by Crippen LogP contribution is -1.95. The van der Waals surface area contributed by atoms with Crippen LogP contribution < -0.4 is 4.74 Å². The van der Waals surface area contributed by atoms with Crippen LogP contribution in [0.2, 0.25) is 0 Å². The molecule has 0 unspecified atom stereocenters. The van der Waals surface area contributed by atoms with Crippen molar-refractivity contribution < 1.29 is 9.84 Å². The van der Waals surface area contributed by atoms with Crippen LogP contribution in [0.25, 0.3) is 0 Å². The Hall–Kier alpha value is -1.94. The fourth-order valence-corrected chi connectivity index (χ4v) is 1.42. The molecule has 0 aliphatic heterocycles. The second-order valence-electron chi connectivity index (χ2n) is 3.83. The number of rotatable bonds is 3. The van der Waals surface area contributed by atoms with E-state index in [1.807, 2.05) is 26.0 Å². The van der Waals surface area contributed by atoms with E-state index in [1.165, 1.54) is 0 Å². The Morgan fingerprint density at radius 1 is 1.12 bits per heavy atom. The zero-order valence-electron chi connectivity index (χ0n) is 9.84. The third kappa shape index (κ3) is 2.79. The number of nitrogens with zero attached hydrogens (tertiary/aromatic N) is 2. The van der Waals surface area contributed by atoms with Crippen LogP contribution in [0.3, 0.4) is 0 Å². The standard InChI is InChI=1S/C13H14N2O2/c1-9-3-4-12(7-15-9)17-13-5-10(2)14-6-11(13)8-16/h3-7,16H,8H2,1-2H3. The monoisotopic (exact) mass is 230 g/mol. The van der Waals surface area contributed by atoms with Crippen molar-refractivity contribution in [2.45, 2.75) is 20.5 Å². The van der Waals surface area contributed by atoms with Gasteiger partial charge in [0, 0.05) is 29.2 Å². The summed E-state index contributed by atoms with van der Waals surface area (Å²) in [5.74, 6) is 1.27. The predicted octanol–water partition coefficient (Wildman–Crippen LogP) is 2.38. The largest absolute Gasteiger partial charge is 0.455 e. The van der Waals surface area contributed by atoms with Crippen molar-refractivity contribution >= 4 is 0 Å². The maximum atomic E-state index is 9.20. The highest BCUT2D eigenvalue weighted by molar-refractivity contribution is 5.36. The number of aromatic nitrogens is 2. The van der Waals surface area contributed by atoms with E-state index in [0.29, 0.717) is 17.1 Å². The van der Waals surface area contributed by atoms with Crippen LogP contribution in [0.4, 0.5) is 0 Å². The van der Waals surface area contributed by atoms with Gasteiger partial charge in [0.1, 0.15) is 11.5 Å². The Bertz CT molecular complexity index is 509. The maximum Gasteiger partial charge on any atom is 0.145 e. The molecular formula is C13H14N2O2. The van der Waals surface area contributed by atoms with Crippen LogP contribution in [-0.2, 0) is 6.61 Å². The third-order valence-corrected chi connectivity index (χ3v) is 2.36. The van der Waals surface area contributed by atoms with Gasteiger partial charge in [-0.1, -0.05) is 0 Å². The van der Waals surface area contributed by atoms with Gasteiger partial charge in [-0.05, 0) is 26.0 Å². The molecule has 0 aliphatic rings. The van der Waals surface area contributed by atoms with Gasteiger partial charge in [-0.15, -0.1) is 0 Å². The lowest BCUT2D eigenvalue weighted by Gasteiger charge is -2.09. The molecule has 2 rings (SSSR count). The Morgan fingerprint density at radius 2 is 1.88 bits per heavy atom. The first kappa shape index (κ1) is 11.5. The Balaban J connectivity index is 2.28. The smallest absolute Gasteiger partial charge is 0.145 e. The molecule has 4 heteroatoms. The van der Waals surface area contributed by atoms with Gasteiger partial charge in [-0.3, -0.25) is 9.97 Å². The second-order valence-corrected chi connectivity index (χ2v) is 3.83. The molecule has 88 valence electrons. The number of aryl methyl sites for hydroxylation is 2. The molecule has 0 fully saturated rings. The van der Waals surface area contributed by atoms with E-state index in [0.717, 1.165) is 11.4 Å². The van der Waals surface area contributed by atoms with Crippen LogP contribution >= 0.6 is 0 Å². The van der Waals surface area contributed by atoms with Crippen molar-refractivity contribution in [2.24, 2.45) is 0 Å². The Labute approximate surface area is 99.9 Å². The molecule has 0 saturated carbocycles. The van der Waals surface area contributed by atoms with E-state index in [9.17, 15) is 5.11 Å². The lowest BCUT2D eigenvalue weighted by atomic mass is 10.2. The number of hydrogen-bond donors (Lipinski definition) is 1. The van der Waals surface area contributed by atoms with Gasteiger partial charge in [0.05, 0.1) is 12.8 Å². The first-order valence-corrected chi connectivity index (χ1v) is 5.36. The Morgan fingerprint density at radius 3 is 2.53 bits per heavy atom. The summed E-state index contributed by atoms with van der Waals surface area (Å²) >= 11 is 0. The molecule has 0 amide bonds. The molecule has 0 aliphatic carbocycles. The van der Waals surface area contributed by atoms with Crippen LogP contribution in [-0.4, -0.2) is 15.1 Å². The van der Waals surface area contributed by atoms with Gasteiger partial charge in [0.25, 0.3) is 0 Å². The molecule has 17 heavy (non-hydrogen) atoms. The van der Waals surface area contributed by atoms with Gasteiger partial charge in [0.2, 0.25) is 0 Å². The fraction of sp³-hybridized carbons (Fsp3) is 0.231. The number of hydrogen-bond acceptors (Lipinski definition) is 4. The average Bonchev–Trinajstić information content (AvgIpc) is 2.32. The van der Waals surface area contributed by atoms with Crippen LogP contribution in [0.15, 0.2) is 30.6 Å². The summed E-state index contributed by atoms with van der Waals surface area (Å²) in [5.41, 5.74) is 2.44. The molecule has 2 heterocycles. The third-order valence-electron chi connectivity index (χ3n) is 2.36. The van der Waals surface area contributed by atoms with E-state index >= 15 is 0 Å². The first-order chi connectivity index (χ1) is 8.19. The molecule has 0 bridgehead atoms. The number of aliphatic hydroxyl groups excluding tert-OH is 1. The molecular weight excluding hydrogens is 216 g/mol. The van der Waals surface area contributed by atoms with E-state index < -0.39 is 0 Å². The number of aliphatic hydroxyl groups is 1. The van der Waals surface area contributed by atoms with E-state index in [2.05, 4.69) is 9.97 Å². The minimum Gasteiger partial charge on any atom is -0.455 e. The molecule has 1 N–H and O–H groups in total. The molecule has 4 nitrogen and oxygen atoms in total. The van der Waals surface area contributed by atoms with Gasteiger partial charge < -0.3 is 9.84 Å². The van der Waals surface area contributed by atoms with Crippen molar-refractivity contribution in [3.05, 3.63) is 47.5 Å². The van der Waals surface area contributed by atoms with Gasteiger partial charge in [-0.2, -0.15) is 0 Å². The number of ether oxygens (including phenoxy) is 1. The fourth-order valence-electron chi connectivity index (χ4n) is 1.42. The SMILES string of the molecule is Cc1ccc(Oc2cc(C)ncc2CO)cn1. The number of pyridine rings is 2. The molecule has 2 aromatic rings. The average molecular weight is 230 g/mol. The highest BCUT2D eigenvalue weighted by atomic mass is 16.5. The summed E-state index contributed by atoms with van der Waals surface area (Å²) in [6, 6.07) is 5.52. The normalized spacial score (nSPS) is 10.3.